The number of unbranched alkanes of at least 4 members (excludes halogenated alkanes) is 11. The zero-order chi connectivity index (χ0) is 30.2. The van der Waals surface area contributed by atoms with E-state index in [0.29, 0.717) is 19.3 Å². The fourth-order valence-corrected chi connectivity index (χ4v) is 4.09. The van der Waals surface area contributed by atoms with E-state index in [9.17, 15) is 19.5 Å². The molecule has 0 aromatic carbocycles. The fraction of sp³-hybridized carbons (Fsp3) is 0.686. The van der Waals surface area contributed by atoms with Gasteiger partial charge >= 0.3 is 11.9 Å². The van der Waals surface area contributed by atoms with Crippen molar-refractivity contribution in [2.45, 2.75) is 142 Å². The van der Waals surface area contributed by atoms with Crippen molar-refractivity contribution in [3.63, 3.8) is 0 Å². The van der Waals surface area contributed by atoms with Crippen LogP contribution < -0.4 is 0 Å². The number of hydrogen-bond donors (Lipinski definition) is 1. The van der Waals surface area contributed by atoms with Crippen molar-refractivity contribution in [3.05, 3.63) is 48.6 Å². The summed E-state index contributed by atoms with van der Waals surface area (Å²) in [6.45, 7) is 3.87. The van der Waals surface area contributed by atoms with Crippen molar-refractivity contribution in [1.82, 2.24) is 0 Å². The molecule has 0 radical (unpaired) electrons. The predicted octanol–water partition coefficient (Wildman–Crippen LogP) is 8.68. The van der Waals surface area contributed by atoms with Crippen molar-refractivity contribution < 1.29 is 29.0 Å². The first kappa shape index (κ1) is 38.5. The smallest absolute Gasteiger partial charge is 0.306 e. The first-order valence-corrected chi connectivity index (χ1v) is 16.1. The van der Waals surface area contributed by atoms with E-state index in [1.165, 1.54) is 38.5 Å². The van der Waals surface area contributed by atoms with E-state index in [1.54, 1.807) is 6.08 Å². The first-order valence-electron chi connectivity index (χ1n) is 16.1. The molecule has 0 rings (SSSR count). The second-order valence-corrected chi connectivity index (χ2v) is 10.6. The molecule has 41 heavy (non-hydrogen) atoms. The average Bonchev–Trinajstić information content (AvgIpc) is 2.96. The minimum absolute atomic E-state index is 0.112. The Balaban J connectivity index is 3.79. The van der Waals surface area contributed by atoms with E-state index in [0.717, 1.165) is 57.8 Å². The van der Waals surface area contributed by atoms with Gasteiger partial charge in [-0.25, -0.2) is 0 Å². The molecule has 0 bridgehead atoms. The van der Waals surface area contributed by atoms with Gasteiger partial charge in [-0.15, -0.1) is 0 Å². The van der Waals surface area contributed by atoms with Crippen LogP contribution in [0.2, 0.25) is 0 Å². The number of rotatable bonds is 28. The summed E-state index contributed by atoms with van der Waals surface area (Å²) in [6.07, 6.45) is 33.0. The Labute approximate surface area is 250 Å². The van der Waals surface area contributed by atoms with Crippen molar-refractivity contribution in [1.29, 1.82) is 0 Å². The zero-order valence-electron chi connectivity index (χ0n) is 26.0. The Morgan fingerprint density at radius 2 is 1.20 bits per heavy atom. The predicted molar refractivity (Wildman–Crippen MR) is 169 cm³/mol. The minimum atomic E-state index is -0.805. The highest BCUT2D eigenvalue weighted by Gasteiger charge is 2.15. The van der Waals surface area contributed by atoms with Crippen LogP contribution in [0.3, 0.4) is 0 Å². The molecule has 0 unspecified atom stereocenters. The molecular formula is C35H58O6. The number of allylic oxidation sites excluding steroid dienone is 8. The summed E-state index contributed by atoms with van der Waals surface area (Å²) >= 11 is 0. The Hall–Kier alpha value is -2.47. The maximum atomic E-state index is 12.0. The van der Waals surface area contributed by atoms with E-state index in [2.05, 4.69) is 32.1 Å². The van der Waals surface area contributed by atoms with Crippen LogP contribution in [0.5, 0.6) is 0 Å². The number of aliphatic hydroxyl groups excluding tert-OH is 1. The second-order valence-electron chi connectivity index (χ2n) is 10.6. The van der Waals surface area contributed by atoms with Crippen molar-refractivity contribution >= 4 is 17.7 Å². The molecule has 0 aromatic rings. The number of carbonyl (C=O) groups is 3. The topological polar surface area (TPSA) is 89.9 Å². The van der Waals surface area contributed by atoms with Gasteiger partial charge in [0, 0.05) is 19.3 Å². The number of hydrogen-bond acceptors (Lipinski definition) is 6. The van der Waals surface area contributed by atoms with Crippen LogP contribution in [0.1, 0.15) is 136 Å². The molecule has 6 heteroatoms. The van der Waals surface area contributed by atoms with Crippen molar-refractivity contribution in [3.8, 4) is 0 Å². The lowest BCUT2D eigenvalue weighted by Crippen LogP contribution is -2.28. The fourth-order valence-electron chi connectivity index (χ4n) is 4.09. The molecule has 0 amide bonds. The van der Waals surface area contributed by atoms with Crippen LogP contribution in [0.25, 0.3) is 0 Å². The summed E-state index contributed by atoms with van der Waals surface area (Å²) in [5, 5.41) is 9.46. The molecule has 0 aliphatic rings. The van der Waals surface area contributed by atoms with Crippen LogP contribution in [0.15, 0.2) is 48.6 Å². The number of carbonyl (C=O) groups excluding carboxylic acids is 3. The molecule has 0 aliphatic carbocycles. The minimum Gasteiger partial charge on any atom is -0.462 e. The van der Waals surface area contributed by atoms with E-state index in [4.69, 9.17) is 9.47 Å². The largest absolute Gasteiger partial charge is 0.462 e. The summed E-state index contributed by atoms with van der Waals surface area (Å²) in [5.74, 6) is -0.512. The lowest BCUT2D eigenvalue weighted by Gasteiger charge is -2.15. The van der Waals surface area contributed by atoms with Gasteiger partial charge in [-0.3, -0.25) is 14.4 Å². The quantitative estimate of drug-likeness (QED) is 0.0330. The summed E-state index contributed by atoms with van der Waals surface area (Å²) in [5.41, 5.74) is 0. The lowest BCUT2D eigenvalue weighted by atomic mass is 10.1. The van der Waals surface area contributed by atoms with E-state index in [-0.39, 0.29) is 37.4 Å². The highest BCUT2D eigenvalue weighted by atomic mass is 16.6. The summed E-state index contributed by atoms with van der Waals surface area (Å²) in [4.78, 5) is 35.6. The number of ether oxygens (including phenoxy) is 2. The maximum absolute atomic E-state index is 12.0. The molecule has 234 valence electrons. The van der Waals surface area contributed by atoms with E-state index >= 15 is 0 Å². The molecule has 0 aliphatic heterocycles. The number of esters is 2. The third kappa shape index (κ3) is 28.8. The Morgan fingerprint density at radius 1 is 0.634 bits per heavy atom. The second kappa shape index (κ2) is 30.5. The highest BCUT2D eigenvalue weighted by Crippen LogP contribution is 2.11. The highest BCUT2D eigenvalue weighted by molar-refractivity contribution is 5.89. The number of aliphatic hydroxyl groups is 1. The Morgan fingerprint density at radius 3 is 1.88 bits per heavy atom. The average molecular weight is 575 g/mol. The molecule has 0 spiro atoms. The van der Waals surface area contributed by atoms with Gasteiger partial charge < -0.3 is 14.6 Å². The molecule has 0 saturated heterocycles. The molecule has 0 saturated carbocycles. The van der Waals surface area contributed by atoms with Crippen molar-refractivity contribution in [2.24, 2.45) is 0 Å². The van der Waals surface area contributed by atoms with E-state index in [1.807, 2.05) is 24.3 Å². The summed E-state index contributed by atoms with van der Waals surface area (Å²) in [7, 11) is 0. The summed E-state index contributed by atoms with van der Waals surface area (Å²) < 4.78 is 10.4. The van der Waals surface area contributed by atoms with Crippen molar-refractivity contribution in [2.75, 3.05) is 13.2 Å². The number of ketones is 1. The molecule has 0 aromatic heterocycles. The molecule has 1 N–H and O–H groups in total. The normalized spacial score (nSPS) is 12.7. The first-order chi connectivity index (χ1) is 20.0. The standard InChI is InChI=1S/C35H58O6/c1-3-5-7-8-9-13-18-21-25-29-35(39)41-33(30-36)31-40-34(38)28-24-20-17-15-12-10-11-14-16-19-23-27-32(37)26-22-6-4-2/h10-11,15-17,19,23,27,33,36H,3-9,12-14,18,20-22,24-26,28-31H2,1-2H3/b11-10-,17-15-,19-16-,27-23+/t33-/m0/s1. The van der Waals surface area contributed by atoms with Crippen LogP contribution >= 0.6 is 0 Å². The Kier molecular flexibility index (Phi) is 28.7. The van der Waals surface area contributed by atoms with Gasteiger partial charge in [-0.1, -0.05) is 121 Å². The Bertz CT molecular complexity index is 765. The van der Waals surface area contributed by atoms with Gasteiger partial charge in [0.05, 0.1) is 6.61 Å². The molecule has 0 fully saturated rings. The van der Waals surface area contributed by atoms with Crippen LogP contribution in [-0.2, 0) is 23.9 Å². The third-order valence-corrected chi connectivity index (χ3v) is 6.60. The van der Waals surface area contributed by atoms with Gasteiger partial charge in [0.15, 0.2) is 11.9 Å². The lowest BCUT2D eigenvalue weighted by molar-refractivity contribution is -0.161. The van der Waals surface area contributed by atoms with Crippen LogP contribution in [-0.4, -0.2) is 42.1 Å². The zero-order valence-corrected chi connectivity index (χ0v) is 26.0. The van der Waals surface area contributed by atoms with Gasteiger partial charge in [0.1, 0.15) is 6.61 Å². The monoisotopic (exact) mass is 574 g/mol. The summed E-state index contributed by atoms with van der Waals surface area (Å²) in [6, 6.07) is 0. The van der Waals surface area contributed by atoms with Crippen LogP contribution in [0, 0.1) is 0 Å². The van der Waals surface area contributed by atoms with Gasteiger partial charge in [-0.05, 0) is 44.6 Å². The third-order valence-electron chi connectivity index (χ3n) is 6.60. The molecule has 1 atom stereocenters. The SMILES string of the molecule is CCCCCCCCCCCC(=O)O[C@@H](CO)COC(=O)CCC/C=C\C/C=C\C/C=C\C=C\C(=O)CCCCC. The van der Waals surface area contributed by atoms with Crippen LogP contribution in [0.4, 0.5) is 0 Å². The maximum Gasteiger partial charge on any atom is 0.306 e. The molecule has 6 nitrogen and oxygen atoms in total. The van der Waals surface area contributed by atoms with Gasteiger partial charge in [0.25, 0.3) is 0 Å². The molecular weight excluding hydrogens is 516 g/mol. The van der Waals surface area contributed by atoms with E-state index < -0.39 is 6.10 Å². The molecule has 0 heterocycles. The van der Waals surface area contributed by atoms with Gasteiger partial charge in [0.2, 0.25) is 0 Å². The van der Waals surface area contributed by atoms with Gasteiger partial charge in [-0.2, -0.15) is 0 Å².